The van der Waals surface area contributed by atoms with Crippen molar-refractivity contribution < 1.29 is 4.79 Å². The first kappa shape index (κ1) is 11.5. The predicted molar refractivity (Wildman–Crippen MR) is 68.1 cm³/mol. The van der Waals surface area contributed by atoms with Gasteiger partial charge in [-0.3, -0.25) is 10.3 Å². The van der Waals surface area contributed by atoms with E-state index >= 15 is 0 Å². The summed E-state index contributed by atoms with van der Waals surface area (Å²) in [4.78, 5) is 21.2. The Morgan fingerprint density at radius 3 is 2.71 bits per heavy atom. The highest BCUT2D eigenvalue weighted by atomic mass is 32.1. The summed E-state index contributed by atoms with van der Waals surface area (Å²) in [5.74, 6) is 0. The van der Waals surface area contributed by atoms with Gasteiger partial charge in [0.25, 0.3) is 0 Å². The maximum Gasteiger partial charge on any atom is 0.323 e. The molecule has 0 aromatic carbocycles. The lowest BCUT2D eigenvalue weighted by Gasteiger charge is -2.09. The number of rotatable bonds is 2. The number of nitrogens with zero attached hydrogens (tertiary/aromatic N) is 3. The Morgan fingerprint density at radius 1 is 1.35 bits per heavy atom. The molecular formula is C11H12N4OS. The molecule has 0 aliphatic heterocycles. The lowest BCUT2D eigenvalue weighted by atomic mass is 10.2. The van der Waals surface area contributed by atoms with Crippen LogP contribution in [0.25, 0.3) is 11.3 Å². The number of amides is 2. The van der Waals surface area contributed by atoms with E-state index in [9.17, 15) is 4.79 Å². The van der Waals surface area contributed by atoms with Gasteiger partial charge < -0.3 is 4.90 Å². The molecule has 6 heteroatoms. The minimum atomic E-state index is -0.180. The van der Waals surface area contributed by atoms with E-state index in [2.05, 4.69) is 15.3 Å². The monoisotopic (exact) mass is 248 g/mol. The molecule has 2 heterocycles. The fourth-order valence-electron chi connectivity index (χ4n) is 1.19. The first-order valence-corrected chi connectivity index (χ1v) is 5.89. The van der Waals surface area contributed by atoms with E-state index in [4.69, 9.17) is 0 Å². The summed E-state index contributed by atoms with van der Waals surface area (Å²) >= 11 is 1.40. The van der Waals surface area contributed by atoms with Crippen molar-refractivity contribution in [3.05, 3.63) is 29.9 Å². The first-order chi connectivity index (χ1) is 8.16. The molecule has 0 atom stereocenters. The smallest absolute Gasteiger partial charge is 0.323 e. The average Bonchev–Trinajstić information content (AvgIpc) is 2.78. The Kier molecular flexibility index (Phi) is 3.34. The second kappa shape index (κ2) is 4.92. The van der Waals surface area contributed by atoms with Gasteiger partial charge in [-0.25, -0.2) is 9.78 Å². The molecule has 0 aliphatic rings. The van der Waals surface area contributed by atoms with Gasteiger partial charge in [-0.1, -0.05) is 0 Å². The third-order valence-corrected chi connectivity index (χ3v) is 2.86. The third kappa shape index (κ3) is 2.79. The molecule has 0 saturated carbocycles. The van der Waals surface area contributed by atoms with Gasteiger partial charge in [0.05, 0.1) is 5.69 Å². The van der Waals surface area contributed by atoms with Crippen molar-refractivity contribution in [1.82, 2.24) is 14.9 Å². The van der Waals surface area contributed by atoms with Gasteiger partial charge in [-0.2, -0.15) is 0 Å². The van der Waals surface area contributed by atoms with Crippen LogP contribution in [0.15, 0.2) is 29.9 Å². The fraction of sp³-hybridized carbons (Fsp3) is 0.182. The van der Waals surface area contributed by atoms with Crippen molar-refractivity contribution in [2.45, 2.75) is 0 Å². The molecule has 0 aliphatic carbocycles. The summed E-state index contributed by atoms with van der Waals surface area (Å²) in [5, 5.41) is 5.21. The zero-order chi connectivity index (χ0) is 12.3. The van der Waals surface area contributed by atoms with Crippen LogP contribution in [0.2, 0.25) is 0 Å². The van der Waals surface area contributed by atoms with Gasteiger partial charge in [0.15, 0.2) is 5.13 Å². The maximum atomic E-state index is 11.4. The highest BCUT2D eigenvalue weighted by Gasteiger charge is 2.08. The molecule has 2 aromatic heterocycles. The van der Waals surface area contributed by atoms with E-state index in [1.54, 1.807) is 26.5 Å². The molecule has 88 valence electrons. The lowest BCUT2D eigenvalue weighted by Crippen LogP contribution is -2.27. The summed E-state index contributed by atoms with van der Waals surface area (Å²) in [6.45, 7) is 0. The average molecular weight is 248 g/mol. The summed E-state index contributed by atoms with van der Waals surface area (Å²) in [5.41, 5.74) is 1.83. The molecule has 0 bridgehead atoms. The van der Waals surface area contributed by atoms with Crippen LogP contribution in [0.1, 0.15) is 0 Å². The van der Waals surface area contributed by atoms with Crippen molar-refractivity contribution in [1.29, 1.82) is 0 Å². The van der Waals surface area contributed by atoms with Gasteiger partial charge in [-0.05, 0) is 12.1 Å². The fourth-order valence-corrected chi connectivity index (χ4v) is 1.90. The van der Waals surface area contributed by atoms with Crippen molar-refractivity contribution >= 4 is 22.5 Å². The highest BCUT2D eigenvalue weighted by Crippen LogP contribution is 2.24. The van der Waals surface area contributed by atoms with Crippen molar-refractivity contribution in [2.75, 3.05) is 19.4 Å². The van der Waals surface area contributed by atoms with Gasteiger partial charge >= 0.3 is 6.03 Å². The summed E-state index contributed by atoms with van der Waals surface area (Å²) in [6.07, 6.45) is 3.43. The van der Waals surface area contributed by atoms with E-state index in [1.807, 2.05) is 17.5 Å². The number of hydrogen-bond donors (Lipinski definition) is 1. The minimum Gasteiger partial charge on any atom is -0.331 e. The van der Waals surface area contributed by atoms with Crippen molar-refractivity contribution in [3.8, 4) is 11.3 Å². The highest BCUT2D eigenvalue weighted by molar-refractivity contribution is 7.14. The summed E-state index contributed by atoms with van der Waals surface area (Å²) < 4.78 is 0. The number of aromatic nitrogens is 2. The minimum absolute atomic E-state index is 0.180. The molecule has 0 spiro atoms. The number of anilines is 1. The number of thiazole rings is 1. The molecule has 2 aromatic rings. The van der Waals surface area contributed by atoms with E-state index in [0.29, 0.717) is 5.13 Å². The molecule has 1 N–H and O–H groups in total. The SMILES string of the molecule is CN(C)C(=O)Nc1nc(-c2ccncc2)cs1. The van der Waals surface area contributed by atoms with Crippen LogP contribution in [0.5, 0.6) is 0 Å². The van der Waals surface area contributed by atoms with Gasteiger partial charge in [0.2, 0.25) is 0 Å². The Balaban J connectivity index is 2.14. The third-order valence-electron chi connectivity index (χ3n) is 2.10. The molecule has 0 fully saturated rings. The summed E-state index contributed by atoms with van der Waals surface area (Å²) in [6, 6.07) is 3.58. The van der Waals surface area contributed by atoms with Crippen LogP contribution in [-0.4, -0.2) is 35.0 Å². The Bertz CT molecular complexity index is 509. The van der Waals surface area contributed by atoms with Gasteiger partial charge in [0, 0.05) is 37.4 Å². The van der Waals surface area contributed by atoms with Crippen LogP contribution in [-0.2, 0) is 0 Å². The molecule has 17 heavy (non-hydrogen) atoms. The van der Waals surface area contributed by atoms with Crippen molar-refractivity contribution in [3.63, 3.8) is 0 Å². The predicted octanol–water partition coefficient (Wildman–Crippen LogP) is 2.30. The topological polar surface area (TPSA) is 58.1 Å². The number of carbonyl (C=O) groups excluding carboxylic acids is 1. The van der Waals surface area contributed by atoms with Gasteiger partial charge in [0.1, 0.15) is 0 Å². The largest absolute Gasteiger partial charge is 0.331 e. The molecule has 0 radical (unpaired) electrons. The number of pyridine rings is 1. The molecule has 0 unspecified atom stereocenters. The quantitative estimate of drug-likeness (QED) is 0.887. The lowest BCUT2D eigenvalue weighted by molar-refractivity contribution is 0.230. The number of nitrogens with one attached hydrogen (secondary N) is 1. The van der Waals surface area contributed by atoms with Gasteiger partial charge in [-0.15, -0.1) is 11.3 Å². The standard InChI is InChI=1S/C11H12N4OS/c1-15(2)11(16)14-10-13-9(7-17-10)8-3-5-12-6-4-8/h3-7H,1-2H3,(H,13,14,16). The molecule has 2 amide bonds. The van der Waals surface area contributed by atoms with Crippen LogP contribution >= 0.6 is 11.3 Å². The Hall–Kier alpha value is -1.95. The number of hydrogen-bond acceptors (Lipinski definition) is 4. The maximum absolute atomic E-state index is 11.4. The molecular weight excluding hydrogens is 236 g/mol. The van der Waals surface area contributed by atoms with E-state index in [1.165, 1.54) is 16.2 Å². The van der Waals surface area contributed by atoms with E-state index < -0.39 is 0 Å². The second-order valence-electron chi connectivity index (χ2n) is 3.60. The van der Waals surface area contributed by atoms with Crippen LogP contribution in [0.3, 0.4) is 0 Å². The van der Waals surface area contributed by atoms with Crippen molar-refractivity contribution in [2.24, 2.45) is 0 Å². The first-order valence-electron chi connectivity index (χ1n) is 5.01. The van der Waals surface area contributed by atoms with Crippen LogP contribution in [0, 0.1) is 0 Å². The van der Waals surface area contributed by atoms with Crippen LogP contribution < -0.4 is 5.32 Å². The Labute approximate surface area is 103 Å². The second-order valence-corrected chi connectivity index (χ2v) is 4.46. The Morgan fingerprint density at radius 2 is 2.06 bits per heavy atom. The zero-order valence-corrected chi connectivity index (χ0v) is 10.4. The number of urea groups is 1. The van der Waals surface area contributed by atoms with E-state index in [-0.39, 0.29) is 6.03 Å². The normalized spacial score (nSPS) is 10.0. The van der Waals surface area contributed by atoms with E-state index in [0.717, 1.165) is 11.3 Å². The zero-order valence-electron chi connectivity index (χ0n) is 9.54. The van der Waals surface area contributed by atoms with Crippen LogP contribution in [0.4, 0.5) is 9.93 Å². The summed E-state index contributed by atoms with van der Waals surface area (Å²) in [7, 11) is 3.37. The molecule has 0 saturated heterocycles. The molecule has 2 rings (SSSR count). The number of carbonyl (C=O) groups is 1. The molecule has 5 nitrogen and oxygen atoms in total.